The number of carbonyl (C=O) groups excluding carboxylic acids is 2. The highest BCUT2D eigenvalue weighted by Crippen LogP contribution is 2.48. The number of benzene rings is 2. The van der Waals surface area contributed by atoms with Gasteiger partial charge in [0.25, 0.3) is 0 Å². The first-order valence-electron chi connectivity index (χ1n) is 13.8. The summed E-state index contributed by atoms with van der Waals surface area (Å²) in [5.74, 6) is -1.86. The lowest BCUT2D eigenvalue weighted by atomic mass is 9.66. The zero-order valence-corrected chi connectivity index (χ0v) is 24.4. The second-order valence-corrected chi connectivity index (χ2v) is 11.8. The fourth-order valence-corrected chi connectivity index (χ4v) is 6.56. The van der Waals surface area contributed by atoms with Crippen molar-refractivity contribution in [2.45, 2.75) is 52.6 Å². The molecule has 1 aliphatic carbocycles. The molecular weight excluding hydrogens is 558 g/mol. The minimum absolute atomic E-state index is 0.0653. The lowest BCUT2D eigenvalue weighted by molar-refractivity contribution is -0.140. The molecule has 1 fully saturated rings. The Kier molecular flexibility index (Phi) is 9.47. The second-order valence-electron chi connectivity index (χ2n) is 10.9. The fourth-order valence-electron chi connectivity index (χ4n) is 6.18. The van der Waals surface area contributed by atoms with Crippen LogP contribution in [0.25, 0.3) is 11.6 Å². The van der Waals surface area contributed by atoms with Gasteiger partial charge in [-0.2, -0.15) is 0 Å². The quantitative estimate of drug-likeness (QED) is 0.183. The van der Waals surface area contributed by atoms with E-state index in [2.05, 4.69) is 15.9 Å². The van der Waals surface area contributed by atoms with Gasteiger partial charge in [-0.15, -0.1) is 0 Å². The maximum Gasteiger partial charge on any atom is 0.233 e. The molecule has 0 bridgehead atoms. The van der Waals surface area contributed by atoms with Crippen LogP contribution in [0.3, 0.4) is 0 Å². The normalized spacial score (nSPS) is 22.6. The van der Waals surface area contributed by atoms with Crippen molar-refractivity contribution in [1.82, 2.24) is 4.90 Å². The van der Waals surface area contributed by atoms with E-state index in [1.165, 1.54) is 4.90 Å². The van der Waals surface area contributed by atoms with Gasteiger partial charge in [0, 0.05) is 22.5 Å². The molecule has 1 heterocycles. The van der Waals surface area contributed by atoms with Gasteiger partial charge in [-0.1, -0.05) is 72.6 Å². The second kappa shape index (κ2) is 12.6. The van der Waals surface area contributed by atoms with Crippen molar-refractivity contribution in [3.05, 3.63) is 75.3 Å². The third kappa shape index (κ3) is 6.06. The van der Waals surface area contributed by atoms with Gasteiger partial charge in [0.1, 0.15) is 5.75 Å². The van der Waals surface area contributed by atoms with Crippen molar-refractivity contribution >= 4 is 39.4 Å². The summed E-state index contributed by atoms with van der Waals surface area (Å²) in [4.78, 5) is 27.8. The number of phenolic OH excluding ortho intramolecular Hbond substituents is 1. The van der Waals surface area contributed by atoms with Gasteiger partial charge < -0.3 is 15.3 Å². The van der Waals surface area contributed by atoms with Gasteiger partial charge in [-0.25, -0.2) is 0 Å². The van der Waals surface area contributed by atoms with Gasteiger partial charge in [0.05, 0.1) is 24.5 Å². The zero-order chi connectivity index (χ0) is 28.3. The molecule has 39 heavy (non-hydrogen) atoms. The number of allylic oxidation sites excluding steroid dienone is 2. The van der Waals surface area contributed by atoms with Crippen LogP contribution in [-0.2, 0) is 9.59 Å². The summed E-state index contributed by atoms with van der Waals surface area (Å²) in [6.07, 6.45) is 3.05. The maximum atomic E-state index is 13.3. The number of aromatic hydroxyl groups is 1. The van der Waals surface area contributed by atoms with Crippen molar-refractivity contribution in [2.75, 3.05) is 13.2 Å². The van der Waals surface area contributed by atoms with Crippen LogP contribution in [0.1, 0.15) is 57.6 Å². The molecule has 0 radical (unpaired) electrons. The molecule has 1 aliphatic heterocycles. The highest BCUT2D eigenvalue weighted by molar-refractivity contribution is 9.10. The first kappa shape index (κ1) is 29.2. The number of rotatable bonds is 10. The molecule has 6 nitrogen and oxygen atoms in total. The number of aliphatic hydroxyl groups excluding tert-OH is 2. The van der Waals surface area contributed by atoms with E-state index in [0.717, 1.165) is 21.2 Å². The molecule has 0 saturated carbocycles. The molecule has 3 N–H and O–H groups in total. The molecule has 2 amide bonds. The van der Waals surface area contributed by atoms with Gasteiger partial charge >= 0.3 is 0 Å². The highest BCUT2D eigenvalue weighted by atomic mass is 79.9. The van der Waals surface area contributed by atoms with Crippen LogP contribution in [0.2, 0.25) is 0 Å². The number of carbonyl (C=O) groups is 2. The highest BCUT2D eigenvalue weighted by Gasteiger charge is 2.54. The summed E-state index contributed by atoms with van der Waals surface area (Å²) in [6, 6.07) is 15.1. The van der Waals surface area contributed by atoms with E-state index >= 15 is 0 Å². The molecular formula is C32H38BrNO5. The molecule has 208 valence electrons. The third-order valence-corrected chi connectivity index (χ3v) is 8.56. The molecule has 4 rings (SSSR count). The number of likely N-dealkylation sites (tertiary alicyclic amines) is 1. The number of nitrogens with zero attached hydrogens (tertiary/aromatic N) is 1. The smallest absolute Gasteiger partial charge is 0.233 e. The minimum Gasteiger partial charge on any atom is -0.507 e. The first-order chi connectivity index (χ1) is 18.7. The predicted octanol–water partition coefficient (Wildman–Crippen LogP) is 5.81. The van der Waals surface area contributed by atoms with E-state index in [1.807, 2.05) is 63.2 Å². The lowest BCUT2D eigenvalue weighted by Gasteiger charge is -2.38. The van der Waals surface area contributed by atoms with Crippen LogP contribution in [0.15, 0.2) is 64.1 Å². The molecule has 0 unspecified atom stereocenters. The molecule has 0 spiro atoms. The number of fused-ring (bicyclic) bond motifs is 1. The SMILES string of the molecule is CCCN1C(=O)[C@@H]2[C@@H](CC(C(C)C)=C([C@H](O)CC/C(=C/c3cc(Br)ccc3O)c3ccccc3)[C@@H]2CO)C1=O. The van der Waals surface area contributed by atoms with Gasteiger partial charge in [-0.3, -0.25) is 14.5 Å². The summed E-state index contributed by atoms with van der Waals surface area (Å²) in [5, 5.41) is 32.6. The number of imide groups is 1. The summed E-state index contributed by atoms with van der Waals surface area (Å²) in [5.41, 5.74) is 4.28. The Bertz CT molecular complexity index is 1270. The van der Waals surface area contributed by atoms with Crippen molar-refractivity contribution in [2.24, 2.45) is 23.7 Å². The van der Waals surface area contributed by atoms with Crippen LogP contribution in [0, 0.1) is 23.7 Å². The van der Waals surface area contributed by atoms with Crippen LogP contribution in [0.5, 0.6) is 5.75 Å². The topological polar surface area (TPSA) is 98.1 Å². The number of halogens is 1. The summed E-state index contributed by atoms with van der Waals surface area (Å²) >= 11 is 3.47. The van der Waals surface area contributed by atoms with Crippen molar-refractivity contribution in [1.29, 1.82) is 0 Å². The molecule has 4 atom stereocenters. The Morgan fingerprint density at radius 2 is 1.85 bits per heavy atom. The van der Waals surface area contributed by atoms with Gasteiger partial charge in [-0.05, 0) is 72.6 Å². The molecule has 2 aliphatic rings. The molecule has 7 heteroatoms. The average molecular weight is 597 g/mol. The predicted molar refractivity (Wildman–Crippen MR) is 156 cm³/mol. The minimum atomic E-state index is -0.883. The third-order valence-electron chi connectivity index (χ3n) is 8.06. The molecule has 1 saturated heterocycles. The standard InChI is InChI=1S/C32H38BrNO5/c1-4-14-34-31(38)25-17-24(19(2)3)29(26(18-35)30(25)32(34)39)28(37)12-10-21(20-8-6-5-7-9-20)15-22-16-23(33)11-13-27(22)36/h5-9,11,13,15-16,19,25-26,28,30,35-37H,4,10,12,14,17-18H2,1-3H3/b21-15-/t25-,26+,28-,30-/m1/s1. The van der Waals surface area contributed by atoms with E-state index in [1.54, 1.807) is 12.1 Å². The summed E-state index contributed by atoms with van der Waals surface area (Å²) in [6.45, 7) is 6.09. The summed E-state index contributed by atoms with van der Waals surface area (Å²) < 4.78 is 0.848. The molecule has 2 aromatic carbocycles. The Morgan fingerprint density at radius 3 is 2.49 bits per heavy atom. The summed E-state index contributed by atoms with van der Waals surface area (Å²) in [7, 11) is 0. The van der Waals surface area contributed by atoms with Crippen molar-refractivity contribution in [3.8, 4) is 5.75 Å². The van der Waals surface area contributed by atoms with E-state index in [4.69, 9.17) is 0 Å². The Morgan fingerprint density at radius 1 is 1.13 bits per heavy atom. The molecule has 2 aromatic rings. The molecule has 0 aromatic heterocycles. The van der Waals surface area contributed by atoms with Crippen molar-refractivity contribution in [3.63, 3.8) is 0 Å². The van der Waals surface area contributed by atoms with Gasteiger partial charge in [0.2, 0.25) is 11.8 Å². The Hall–Kier alpha value is -2.74. The van der Waals surface area contributed by atoms with E-state index in [-0.39, 0.29) is 30.1 Å². The fraction of sp³-hybridized carbons (Fsp3) is 0.438. The lowest BCUT2D eigenvalue weighted by Crippen LogP contribution is -2.39. The maximum absolute atomic E-state index is 13.3. The number of phenols is 1. The van der Waals surface area contributed by atoms with E-state index in [9.17, 15) is 24.9 Å². The van der Waals surface area contributed by atoms with Crippen LogP contribution < -0.4 is 0 Å². The number of hydrogen-bond acceptors (Lipinski definition) is 5. The zero-order valence-electron chi connectivity index (χ0n) is 22.8. The largest absolute Gasteiger partial charge is 0.507 e. The number of aliphatic hydroxyl groups is 2. The Balaban J connectivity index is 1.67. The van der Waals surface area contributed by atoms with Gasteiger partial charge in [0.15, 0.2) is 0 Å². The van der Waals surface area contributed by atoms with Crippen LogP contribution in [0.4, 0.5) is 0 Å². The van der Waals surface area contributed by atoms with Crippen LogP contribution >= 0.6 is 15.9 Å². The van der Waals surface area contributed by atoms with Crippen LogP contribution in [-0.4, -0.2) is 51.3 Å². The number of amides is 2. The monoisotopic (exact) mass is 595 g/mol. The Labute approximate surface area is 239 Å². The first-order valence-corrected chi connectivity index (χ1v) is 14.6. The number of hydrogen-bond donors (Lipinski definition) is 3. The van der Waals surface area contributed by atoms with E-state index < -0.39 is 23.9 Å². The van der Waals surface area contributed by atoms with E-state index in [0.29, 0.717) is 43.4 Å². The van der Waals surface area contributed by atoms with Crippen molar-refractivity contribution < 1.29 is 24.9 Å². The average Bonchev–Trinajstić information content (AvgIpc) is 3.16.